The fourth-order valence-corrected chi connectivity index (χ4v) is 2.77. The number of aromatic amines is 1. The molecule has 3 aromatic carbocycles. The van der Waals surface area contributed by atoms with E-state index in [1.807, 2.05) is 30.3 Å². The van der Waals surface area contributed by atoms with E-state index in [0.717, 1.165) is 22.2 Å². The predicted octanol–water partition coefficient (Wildman–Crippen LogP) is 5.13. The van der Waals surface area contributed by atoms with Crippen molar-refractivity contribution in [2.45, 2.75) is 0 Å². The molecule has 0 unspecified atom stereocenters. The fraction of sp³-hybridized carbons (Fsp3) is 0. The fourth-order valence-electron chi connectivity index (χ4n) is 2.77. The highest BCUT2D eigenvalue weighted by Crippen LogP contribution is 2.34. The molecule has 2 heteroatoms. The van der Waals surface area contributed by atoms with Crippen molar-refractivity contribution in [3.05, 3.63) is 72.5 Å². The first-order chi connectivity index (χ1) is 9.83. The van der Waals surface area contributed by atoms with Gasteiger partial charge in [-0.2, -0.15) is 0 Å². The van der Waals surface area contributed by atoms with Crippen molar-refractivity contribution in [3.63, 3.8) is 0 Å². The quantitative estimate of drug-likeness (QED) is 0.489. The van der Waals surface area contributed by atoms with Crippen molar-refractivity contribution in [2.24, 2.45) is 0 Å². The van der Waals surface area contributed by atoms with Gasteiger partial charge in [-0.15, -0.1) is 0 Å². The summed E-state index contributed by atoms with van der Waals surface area (Å²) in [6.07, 6.45) is 0. The number of aromatic nitrogens is 1. The van der Waals surface area contributed by atoms with Gasteiger partial charge in [0.2, 0.25) is 0 Å². The lowest BCUT2D eigenvalue weighted by molar-refractivity contribution is 0.628. The maximum Gasteiger partial charge on any atom is 0.123 e. The van der Waals surface area contributed by atoms with Crippen LogP contribution >= 0.6 is 0 Å². The topological polar surface area (TPSA) is 15.8 Å². The number of fused-ring (bicyclic) bond motifs is 3. The van der Waals surface area contributed by atoms with Gasteiger partial charge in [0.05, 0.1) is 0 Å². The van der Waals surface area contributed by atoms with E-state index < -0.39 is 0 Å². The summed E-state index contributed by atoms with van der Waals surface area (Å²) in [7, 11) is 0. The molecule has 0 aliphatic heterocycles. The molecule has 20 heavy (non-hydrogen) atoms. The summed E-state index contributed by atoms with van der Waals surface area (Å²) in [6, 6.07) is 21.1. The number of hydrogen-bond donors (Lipinski definition) is 1. The summed E-state index contributed by atoms with van der Waals surface area (Å²) in [6.45, 7) is 0. The average Bonchev–Trinajstić information content (AvgIpc) is 2.86. The number of H-pyrrole nitrogens is 1. The summed E-state index contributed by atoms with van der Waals surface area (Å²) in [5.41, 5.74) is 4.38. The predicted molar refractivity (Wildman–Crippen MR) is 81.2 cm³/mol. The largest absolute Gasteiger partial charge is 0.354 e. The van der Waals surface area contributed by atoms with Crippen LogP contribution in [0.5, 0.6) is 0 Å². The van der Waals surface area contributed by atoms with Crippen molar-refractivity contribution in [2.75, 3.05) is 0 Å². The van der Waals surface area contributed by atoms with Crippen LogP contribution in [0.3, 0.4) is 0 Å². The Morgan fingerprint density at radius 1 is 0.700 bits per heavy atom. The Morgan fingerprint density at radius 2 is 1.45 bits per heavy atom. The Kier molecular flexibility index (Phi) is 2.36. The van der Waals surface area contributed by atoms with Crippen LogP contribution in [-0.4, -0.2) is 4.98 Å². The third-order valence-electron chi connectivity index (χ3n) is 3.69. The third-order valence-corrected chi connectivity index (χ3v) is 3.69. The number of benzene rings is 3. The van der Waals surface area contributed by atoms with Crippen molar-refractivity contribution < 1.29 is 4.39 Å². The van der Waals surface area contributed by atoms with Crippen LogP contribution in [-0.2, 0) is 0 Å². The maximum absolute atomic E-state index is 13.1. The van der Waals surface area contributed by atoms with Gasteiger partial charge in [-0.05, 0) is 35.4 Å². The lowest BCUT2D eigenvalue weighted by Crippen LogP contribution is -1.80. The van der Waals surface area contributed by atoms with Gasteiger partial charge in [0.1, 0.15) is 5.82 Å². The second-order valence-electron chi connectivity index (χ2n) is 4.91. The van der Waals surface area contributed by atoms with Crippen LogP contribution < -0.4 is 0 Å². The number of rotatable bonds is 1. The normalized spacial score (nSPS) is 11.2. The molecule has 4 aromatic rings. The molecule has 0 saturated heterocycles. The Morgan fingerprint density at radius 3 is 2.30 bits per heavy atom. The molecule has 0 fully saturated rings. The van der Waals surface area contributed by atoms with Crippen molar-refractivity contribution >= 4 is 21.8 Å². The zero-order valence-electron chi connectivity index (χ0n) is 10.7. The van der Waals surface area contributed by atoms with Gasteiger partial charge in [-0.3, -0.25) is 0 Å². The zero-order chi connectivity index (χ0) is 13.5. The molecule has 0 atom stereocenters. The van der Waals surface area contributed by atoms with Crippen LogP contribution in [0, 0.1) is 5.82 Å². The Balaban J connectivity index is 2.11. The highest BCUT2D eigenvalue weighted by atomic mass is 19.1. The highest BCUT2D eigenvalue weighted by Gasteiger charge is 2.09. The zero-order valence-corrected chi connectivity index (χ0v) is 10.7. The number of nitrogens with one attached hydrogen (secondary N) is 1. The molecule has 1 heterocycles. The molecule has 1 nitrogen and oxygen atoms in total. The summed E-state index contributed by atoms with van der Waals surface area (Å²) >= 11 is 0. The minimum absolute atomic E-state index is 0.208. The first kappa shape index (κ1) is 11.2. The van der Waals surface area contributed by atoms with Crippen molar-refractivity contribution in [3.8, 4) is 11.1 Å². The molecule has 1 aromatic heterocycles. The second kappa shape index (κ2) is 4.20. The Labute approximate surface area is 115 Å². The van der Waals surface area contributed by atoms with Crippen molar-refractivity contribution in [1.82, 2.24) is 4.98 Å². The minimum Gasteiger partial charge on any atom is -0.354 e. The van der Waals surface area contributed by atoms with E-state index in [9.17, 15) is 4.39 Å². The van der Waals surface area contributed by atoms with Gasteiger partial charge in [0.25, 0.3) is 0 Å². The standard InChI is InChI=1S/C18H12FN/c19-13-10-8-12(9-11-13)14-5-3-7-17-18(14)15-4-1-2-6-16(15)20-17/h1-11,20H. The molecule has 0 aliphatic rings. The number of para-hydroxylation sites is 1. The van der Waals surface area contributed by atoms with Gasteiger partial charge in [0, 0.05) is 21.8 Å². The highest BCUT2D eigenvalue weighted by molar-refractivity contribution is 6.14. The monoisotopic (exact) mass is 261 g/mol. The summed E-state index contributed by atoms with van der Waals surface area (Å²) in [5.74, 6) is -0.208. The summed E-state index contributed by atoms with van der Waals surface area (Å²) in [4.78, 5) is 3.43. The third kappa shape index (κ3) is 1.62. The molecule has 4 rings (SSSR count). The molecule has 1 N–H and O–H groups in total. The van der Waals surface area contributed by atoms with E-state index in [1.54, 1.807) is 0 Å². The molecule has 0 spiro atoms. The molecule has 0 bridgehead atoms. The molecule has 0 radical (unpaired) electrons. The van der Waals surface area contributed by atoms with Gasteiger partial charge in [-0.1, -0.05) is 42.5 Å². The van der Waals surface area contributed by atoms with Crippen molar-refractivity contribution in [1.29, 1.82) is 0 Å². The van der Waals surface area contributed by atoms with E-state index in [-0.39, 0.29) is 5.82 Å². The lowest BCUT2D eigenvalue weighted by Gasteiger charge is -2.04. The lowest BCUT2D eigenvalue weighted by atomic mass is 9.99. The second-order valence-corrected chi connectivity index (χ2v) is 4.91. The average molecular weight is 261 g/mol. The minimum atomic E-state index is -0.208. The first-order valence-electron chi connectivity index (χ1n) is 6.58. The SMILES string of the molecule is Fc1ccc(-c2cccc3[nH]c4ccccc4c23)cc1. The van der Waals surface area contributed by atoms with Crippen LogP contribution in [0.25, 0.3) is 32.9 Å². The van der Waals surface area contributed by atoms with E-state index in [0.29, 0.717) is 0 Å². The van der Waals surface area contributed by atoms with E-state index >= 15 is 0 Å². The summed E-state index contributed by atoms with van der Waals surface area (Å²) in [5, 5.41) is 2.39. The van der Waals surface area contributed by atoms with Gasteiger partial charge in [-0.25, -0.2) is 4.39 Å². The van der Waals surface area contributed by atoms with Gasteiger partial charge >= 0.3 is 0 Å². The smallest absolute Gasteiger partial charge is 0.123 e. The molecular weight excluding hydrogens is 249 g/mol. The number of halogens is 1. The maximum atomic E-state index is 13.1. The van der Waals surface area contributed by atoms with Crippen LogP contribution in [0.4, 0.5) is 4.39 Å². The molecule has 0 saturated carbocycles. The van der Waals surface area contributed by atoms with Crippen LogP contribution in [0.15, 0.2) is 66.7 Å². The van der Waals surface area contributed by atoms with Crippen LogP contribution in [0.2, 0.25) is 0 Å². The van der Waals surface area contributed by atoms with E-state index in [4.69, 9.17) is 0 Å². The molecule has 0 aliphatic carbocycles. The van der Waals surface area contributed by atoms with Gasteiger partial charge < -0.3 is 4.98 Å². The Hall–Kier alpha value is -2.61. The first-order valence-corrected chi connectivity index (χ1v) is 6.58. The molecule has 96 valence electrons. The molecular formula is C18H12FN. The summed E-state index contributed by atoms with van der Waals surface area (Å²) < 4.78 is 13.1. The van der Waals surface area contributed by atoms with E-state index in [1.165, 1.54) is 22.9 Å². The van der Waals surface area contributed by atoms with E-state index in [2.05, 4.69) is 29.2 Å². The van der Waals surface area contributed by atoms with Gasteiger partial charge in [0.15, 0.2) is 0 Å². The Bertz CT molecular complexity index is 904. The van der Waals surface area contributed by atoms with Crippen LogP contribution in [0.1, 0.15) is 0 Å². The molecule has 0 amide bonds. The number of hydrogen-bond acceptors (Lipinski definition) is 0.